The number of rotatable bonds is 3. The smallest absolute Gasteiger partial charge is 0.224 e. The van der Waals surface area contributed by atoms with E-state index in [0.717, 1.165) is 24.0 Å². The lowest BCUT2D eigenvalue weighted by atomic mass is 10.0. The van der Waals surface area contributed by atoms with Gasteiger partial charge in [0.2, 0.25) is 5.91 Å². The maximum Gasteiger partial charge on any atom is 0.224 e. The molecule has 1 aliphatic heterocycles. The van der Waals surface area contributed by atoms with Crippen LogP contribution in [-0.2, 0) is 11.2 Å². The molecule has 3 rings (SSSR count). The average Bonchev–Trinajstić information content (AvgIpc) is 2.86. The van der Waals surface area contributed by atoms with E-state index in [0.29, 0.717) is 22.8 Å². The van der Waals surface area contributed by atoms with Crippen LogP contribution in [0.1, 0.15) is 21.7 Å². The molecular weight excluding hydrogens is 262 g/mol. The summed E-state index contributed by atoms with van der Waals surface area (Å²) in [6, 6.07) is 7.28. The molecule has 0 bridgehead atoms. The van der Waals surface area contributed by atoms with E-state index in [4.69, 9.17) is 4.74 Å². The minimum atomic E-state index is 0.0506. The number of carbonyl (C=O) groups is 2. The van der Waals surface area contributed by atoms with Crippen molar-refractivity contribution < 1.29 is 14.3 Å². The molecule has 0 atom stereocenters. The molecule has 0 spiro atoms. The summed E-state index contributed by atoms with van der Waals surface area (Å²) < 4.78 is 5.69. The number of anilines is 1. The third kappa shape index (κ3) is 2.51. The highest BCUT2D eigenvalue weighted by Crippen LogP contribution is 2.31. The van der Waals surface area contributed by atoms with Crippen LogP contribution in [0.25, 0.3) is 0 Å². The van der Waals surface area contributed by atoms with Crippen molar-refractivity contribution >= 4 is 29.2 Å². The van der Waals surface area contributed by atoms with Crippen molar-refractivity contribution in [2.45, 2.75) is 12.8 Å². The molecule has 1 aromatic heterocycles. The van der Waals surface area contributed by atoms with Gasteiger partial charge in [-0.1, -0.05) is 0 Å². The molecule has 1 amide bonds. The van der Waals surface area contributed by atoms with E-state index in [1.807, 2.05) is 18.2 Å². The molecule has 5 heteroatoms. The summed E-state index contributed by atoms with van der Waals surface area (Å²) in [5.41, 5.74) is 1.92. The maximum atomic E-state index is 11.3. The Morgan fingerprint density at radius 1 is 1.21 bits per heavy atom. The van der Waals surface area contributed by atoms with Crippen LogP contribution in [0.2, 0.25) is 0 Å². The Labute approximate surface area is 114 Å². The molecular formula is C14H11NO3S. The van der Waals surface area contributed by atoms with E-state index in [2.05, 4.69) is 5.32 Å². The van der Waals surface area contributed by atoms with Gasteiger partial charge in [-0.2, -0.15) is 0 Å². The van der Waals surface area contributed by atoms with Crippen molar-refractivity contribution in [3.05, 3.63) is 40.1 Å². The molecule has 0 saturated heterocycles. The molecule has 0 fully saturated rings. The zero-order chi connectivity index (χ0) is 13.2. The lowest BCUT2D eigenvalue weighted by molar-refractivity contribution is -0.116. The summed E-state index contributed by atoms with van der Waals surface area (Å²) in [6.45, 7) is 0. The van der Waals surface area contributed by atoms with E-state index in [1.165, 1.54) is 11.3 Å². The van der Waals surface area contributed by atoms with Crippen LogP contribution in [0.4, 0.5) is 5.69 Å². The minimum absolute atomic E-state index is 0.0506. The fraction of sp³-hybridized carbons (Fsp3) is 0.143. The number of thiophene rings is 1. The number of ether oxygens (including phenoxy) is 1. The first-order valence-corrected chi connectivity index (χ1v) is 6.77. The Hall–Kier alpha value is -2.14. The van der Waals surface area contributed by atoms with Gasteiger partial charge in [-0.15, -0.1) is 11.3 Å². The predicted molar refractivity (Wildman–Crippen MR) is 73.2 cm³/mol. The third-order valence-electron chi connectivity index (χ3n) is 2.92. The van der Waals surface area contributed by atoms with E-state index >= 15 is 0 Å². The molecule has 2 heterocycles. The summed E-state index contributed by atoms with van der Waals surface area (Å²) >= 11 is 1.35. The van der Waals surface area contributed by atoms with Crippen molar-refractivity contribution in [2.24, 2.45) is 0 Å². The van der Waals surface area contributed by atoms with Gasteiger partial charge in [0.25, 0.3) is 0 Å². The Bertz CT molecular complexity index is 648. The zero-order valence-corrected chi connectivity index (χ0v) is 10.8. The topological polar surface area (TPSA) is 55.4 Å². The minimum Gasteiger partial charge on any atom is -0.456 e. The molecule has 1 aliphatic rings. The number of aldehydes is 1. The zero-order valence-electron chi connectivity index (χ0n) is 10.0. The van der Waals surface area contributed by atoms with Crippen LogP contribution in [0.5, 0.6) is 11.5 Å². The molecule has 2 aromatic rings. The molecule has 19 heavy (non-hydrogen) atoms. The normalized spacial score (nSPS) is 13.6. The number of hydrogen-bond acceptors (Lipinski definition) is 4. The van der Waals surface area contributed by atoms with Gasteiger partial charge in [-0.05, 0) is 30.2 Å². The number of amides is 1. The monoisotopic (exact) mass is 273 g/mol. The standard InChI is InChI=1S/C14H11NO3S/c16-7-12-6-11(8-19-12)18-10-2-3-13-9(5-10)1-4-14(17)15-13/h2-3,5-8H,1,4H2,(H,15,17). The first-order valence-electron chi connectivity index (χ1n) is 5.89. The van der Waals surface area contributed by atoms with Gasteiger partial charge < -0.3 is 10.1 Å². The van der Waals surface area contributed by atoms with Crippen molar-refractivity contribution in [1.82, 2.24) is 0 Å². The molecule has 0 radical (unpaired) electrons. The summed E-state index contributed by atoms with van der Waals surface area (Å²) in [7, 11) is 0. The summed E-state index contributed by atoms with van der Waals surface area (Å²) in [5, 5.41) is 4.62. The van der Waals surface area contributed by atoms with Crippen LogP contribution < -0.4 is 10.1 Å². The molecule has 96 valence electrons. The van der Waals surface area contributed by atoms with Gasteiger partial charge in [-0.25, -0.2) is 0 Å². The molecule has 0 saturated carbocycles. The predicted octanol–water partition coefficient (Wildman–Crippen LogP) is 3.24. The van der Waals surface area contributed by atoms with E-state index in [1.54, 1.807) is 11.4 Å². The van der Waals surface area contributed by atoms with E-state index < -0.39 is 0 Å². The van der Waals surface area contributed by atoms with Crippen LogP contribution >= 0.6 is 11.3 Å². The Morgan fingerprint density at radius 2 is 2.11 bits per heavy atom. The number of benzene rings is 1. The second-order valence-electron chi connectivity index (χ2n) is 4.27. The third-order valence-corrected chi connectivity index (χ3v) is 3.76. The van der Waals surface area contributed by atoms with Crippen molar-refractivity contribution in [3.8, 4) is 11.5 Å². The Balaban J connectivity index is 1.82. The maximum absolute atomic E-state index is 11.3. The number of aryl methyl sites for hydroxylation is 1. The van der Waals surface area contributed by atoms with E-state index in [-0.39, 0.29) is 5.91 Å². The summed E-state index contributed by atoms with van der Waals surface area (Å²) in [4.78, 5) is 22.5. The Kier molecular flexibility index (Phi) is 3.05. The number of fused-ring (bicyclic) bond motifs is 1. The fourth-order valence-electron chi connectivity index (χ4n) is 2.01. The SMILES string of the molecule is O=Cc1cc(Oc2ccc3c(c2)CCC(=O)N3)cs1. The van der Waals surface area contributed by atoms with Crippen molar-refractivity contribution in [3.63, 3.8) is 0 Å². The molecule has 4 nitrogen and oxygen atoms in total. The van der Waals surface area contributed by atoms with Crippen LogP contribution in [0.15, 0.2) is 29.6 Å². The summed E-state index contributed by atoms with van der Waals surface area (Å²) in [6.07, 6.45) is 2.03. The molecule has 1 N–H and O–H groups in total. The lowest BCUT2D eigenvalue weighted by Crippen LogP contribution is -2.18. The van der Waals surface area contributed by atoms with Gasteiger partial charge in [0.15, 0.2) is 6.29 Å². The van der Waals surface area contributed by atoms with Gasteiger partial charge in [-0.3, -0.25) is 9.59 Å². The van der Waals surface area contributed by atoms with Crippen LogP contribution in [0.3, 0.4) is 0 Å². The first kappa shape index (κ1) is 11.9. The average molecular weight is 273 g/mol. The highest BCUT2D eigenvalue weighted by molar-refractivity contribution is 7.11. The highest BCUT2D eigenvalue weighted by Gasteiger charge is 2.15. The molecule has 1 aromatic carbocycles. The highest BCUT2D eigenvalue weighted by atomic mass is 32.1. The van der Waals surface area contributed by atoms with Crippen LogP contribution in [0, 0.1) is 0 Å². The number of hydrogen-bond donors (Lipinski definition) is 1. The quantitative estimate of drug-likeness (QED) is 0.873. The van der Waals surface area contributed by atoms with Gasteiger partial charge in [0.1, 0.15) is 11.5 Å². The summed E-state index contributed by atoms with van der Waals surface area (Å²) in [5.74, 6) is 1.42. The van der Waals surface area contributed by atoms with Crippen molar-refractivity contribution in [2.75, 3.05) is 5.32 Å². The Morgan fingerprint density at radius 3 is 2.89 bits per heavy atom. The van der Waals surface area contributed by atoms with Gasteiger partial charge >= 0.3 is 0 Å². The second kappa shape index (κ2) is 4.85. The first-order chi connectivity index (χ1) is 9.24. The number of nitrogens with one attached hydrogen (secondary N) is 1. The molecule has 0 aliphatic carbocycles. The second-order valence-corrected chi connectivity index (χ2v) is 5.21. The lowest BCUT2D eigenvalue weighted by Gasteiger charge is -2.17. The molecule has 0 unspecified atom stereocenters. The van der Waals surface area contributed by atoms with Crippen LogP contribution in [-0.4, -0.2) is 12.2 Å². The van der Waals surface area contributed by atoms with E-state index in [9.17, 15) is 9.59 Å². The number of carbonyl (C=O) groups excluding carboxylic acids is 2. The van der Waals surface area contributed by atoms with Gasteiger partial charge in [0.05, 0.1) is 4.88 Å². The largest absolute Gasteiger partial charge is 0.456 e. The van der Waals surface area contributed by atoms with Gasteiger partial charge in [0, 0.05) is 23.6 Å². The fourth-order valence-corrected chi connectivity index (χ4v) is 2.62. The van der Waals surface area contributed by atoms with Crippen molar-refractivity contribution in [1.29, 1.82) is 0 Å².